The van der Waals surface area contributed by atoms with E-state index in [4.69, 9.17) is 5.73 Å². The lowest BCUT2D eigenvalue weighted by atomic mass is 9.92. The smallest absolute Gasteiger partial charge is 0.240 e. The minimum Gasteiger partial charge on any atom is -0.382 e. The second-order valence-electron chi connectivity index (χ2n) is 4.44. The van der Waals surface area contributed by atoms with E-state index in [9.17, 15) is 4.79 Å². The summed E-state index contributed by atoms with van der Waals surface area (Å²) >= 11 is 0. The average Bonchev–Trinajstić information content (AvgIpc) is 2.32. The van der Waals surface area contributed by atoms with Crippen LogP contribution in [0.5, 0.6) is 0 Å². The number of nitrogens with two attached hydrogens (primary N) is 1. The SMILES string of the molecule is CC(C)(C)CC(=O)Nn1nccc1N. The van der Waals surface area contributed by atoms with Crippen LogP contribution in [0.25, 0.3) is 0 Å². The number of nitrogens with zero attached hydrogens (tertiary/aromatic N) is 2. The normalized spacial score (nSPS) is 11.4. The van der Waals surface area contributed by atoms with Gasteiger partial charge in [-0.2, -0.15) is 9.89 Å². The van der Waals surface area contributed by atoms with Gasteiger partial charge in [-0.1, -0.05) is 20.8 Å². The van der Waals surface area contributed by atoms with E-state index in [0.717, 1.165) is 0 Å². The van der Waals surface area contributed by atoms with Gasteiger partial charge in [-0.15, -0.1) is 0 Å². The van der Waals surface area contributed by atoms with Crippen molar-refractivity contribution in [1.29, 1.82) is 0 Å². The first-order valence-electron chi connectivity index (χ1n) is 4.48. The summed E-state index contributed by atoms with van der Waals surface area (Å²) in [4.78, 5) is 12.7. The van der Waals surface area contributed by atoms with E-state index in [-0.39, 0.29) is 11.3 Å². The van der Waals surface area contributed by atoms with Crippen molar-refractivity contribution in [3.05, 3.63) is 12.3 Å². The van der Waals surface area contributed by atoms with Gasteiger partial charge in [0.15, 0.2) is 0 Å². The standard InChI is InChI=1S/C9H16N4O/c1-9(2,3)6-8(14)12-13-7(10)4-5-11-13/h4-5H,6,10H2,1-3H3,(H,12,14). The zero-order valence-electron chi connectivity index (χ0n) is 8.74. The van der Waals surface area contributed by atoms with Gasteiger partial charge in [-0.3, -0.25) is 4.79 Å². The zero-order chi connectivity index (χ0) is 10.8. The Morgan fingerprint density at radius 1 is 1.64 bits per heavy atom. The van der Waals surface area contributed by atoms with Crippen molar-refractivity contribution in [3.63, 3.8) is 0 Å². The Kier molecular flexibility index (Phi) is 2.78. The number of nitrogens with one attached hydrogen (secondary N) is 1. The third kappa shape index (κ3) is 3.08. The van der Waals surface area contributed by atoms with Crippen LogP contribution in [0, 0.1) is 5.41 Å². The number of carbonyl (C=O) groups is 1. The van der Waals surface area contributed by atoms with Crippen LogP contribution in [-0.4, -0.2) is 15.8 Å². The molecule has 0 saturated carbocycles. The van der Waals surface area contributed by atoms with E-state index in [2.05, 4.69) is 10.5 Å². The van der Waals surface area contributed by atoms with Crippen molar-refractivity contribution in [3.8, 4) is 0 Å². The fraction of sp³-hybridized carbons (Fsp3) is 0.556. The van der Waals surface area contributed by atoms with Crippen LogP contribution < -0.4 is 11.2 Å². The van der Waals surface area contributed by atoms with Crippen molar-refractivity contribution in [2.75, 3.05) is 11.2 Å². The van der Waals surface area contributed by atoms with Gasteiger partial charge in [-0.25, -0.2) is 5.43 Å². The van der Waals surface area contributed by atoms with E-state index in [1.54, 1.807) is 6.07 Å². The van der Waals surface area contributed by atoms with Gasteiger partial charge in [0.05, 0.1) is 6.20 Å². The third-order valence-electron chi connectivity index (χ3n) is 1.59. The predicted molar refractivity (Wildman–Crippen MR) is 55.1 cm³/mol. The molecule has 1 amide bonds. The highest BCUT2D eigenvalue weighted by molar-refractivity contribution is 5.84. The van der Waals surface area contributed by atoms with E-state index < -0.39 is 0 Å². The maximum Gasteiger partial charge on any atom is 0.240 e. The van der Waals surface area contributed by atoms with E-state index in [0.29, 0.717) is 12.2 Å². The Hall–Kier alpha value is -1.52. The van der Waals surface area contributed by atoms with Gasteiger partial charge >= 0.3 is 0 Å². The number of carbonyl (C=O) groups excluding carboxylic acids is 1. The summed E-state index contributed by atoms with van der Waals surface area (Å²) in [5, 5.41) is 3.85. The second-order valence-corrected chi connectivity index (χ2v) is 4.44. The summed E-state index contributed by atoms with van der Waals surface area (Å²) in [5.74, 6) is 0.333. The first kappa shape index (κ1) is 10.6. The van der Waals surface area contributed by atoms with Gasteiger partial charge in [-0.05, 0) is 5.41 Å². The van der Waals surface area contributed by atoms with E-state index in [1.807, 2.05) is 20.8 Å². The highest BCUT2D eigenvalue weighted by Crippen LogP contribution is 2.18. The maximum absolute atomic E-state index is 11.5. The molecule has 78 valence electrons. The predicted octanol–water partition coefficient (Wildman–Crippen LogP) is 0.972. The van der Waals surface area contributed by atoms with Crippen molar-refractivity contribution >= 4 is 11.7 Å². The summed E-state index contributed by atoms with van der Waals surface area (Å²) in [6, 6.07) is 1.62. The molecule has 0 bridgehead atoms. The lowest BCUT2D eigenvalue weighted by Gasteiger charge is -2.17. The van der Waals surface area contributed by atoms with Gasteiger partial charge in [0.25, 0.3) is 0 Å². The molecule has 0 radical (unpaired) electrons. The maximum atomic E-state index is 11.5. The van der Waals surface area contributed by atoms with E-state index >= 15 is 0 Å². The third-order valence-corrected chi connectivity index (χ3v) is 1.59. The molecule has 0 aliphatic carbocycles. The molecular weight excluding hydrogens is 180 g/mol. The van der Waals surface area contributed by atoms with Crippen molar-refractivity contribution in [2.45, 2.75) is 27.2 Å². The van der Waals surface area contributed by atoms with Crippen LogP contribution in [0.2, 0.25) is 0 Å². The minimum absolute atomic E-state index is 0.0357. The van der Waals surface area contributed by atoms with Crippen molar-refractivity contribution < 1.29 is 4.79 Å². The molecule has 0 saturated heterocycles. The number of nitrogen functional groups attached to an aromatic ring is 1. The lowest BCUT2D eigenvalue weighted by molar-refractivity contribution is -0.118. The lowest BCUT2D eigenvalue weighted by Crippen LogP contribution is -2.28. The first-order valence-corrected chi connectivity index (χ1v) is 4.48. The average molecular weight is 196 g/mol. The quantitative estimate of drug-likeness (QED) is 0.740. The second kappa shape index (κ2) is 3.69. The molecule has 0 atom stereocenters. The molecule has 1 heterocycles. The molecule has 14 heavy (non-hydrogen) atoms. The van der Waals surface area contributed by atoms with Crippen LogP contribution in [0.4, 0.5) is 5.82 Å². The van der Waals surface area contributed by atoms with Crippen LogP contribution in [-0.2, 0) is 4.79 Å². The molecule has 0 unspecified atom stereocenters. The summed E-state index contributed by atoms with van der Waals surface area (Å²) in [5.41, 5.74) is 8.09. The Morgan fingerprint density at radius 2 is 2.29 bits per heavy atom. The summed E-state index contributed by atoms with van der Waals surface area (Å²) in [7, 11) is 0. The molecule has 0 aromatic carbocycles. The van der Waals surface area contributed by atoms with Crippen molar-refractivity contribution in [1.82, 2.24) is 9.89 Å². The highest BCUT2D eigenvalue weighted by Gasteiger charge is 2.16. The zero-order valence-corrected chi connectivity index (χ0v) is 8.74. The van der Waals surface area contributed by atoms with E-state index in [1.165, 1.54) is 11.0 Å². The molecule has 0 aliphatic heterocycles. The molecule has 0 aliphatic rings. The molecule has 5 heteroatoms. The minimum atomic E-state index is -0.0899. The number of hydrogen-bond donors (Lipinski definition) is 2. The van der Waals surface area contributed by atoms with Gasteiger partial charge in [0, 0.05) is 12.5 Å². The van der Waals surface area contributed by atoms with Crippen LogP contribution in [0.1, 0.15) is 27.2 Å². The highest BCUT2D eigenvalue weighted by atomic mass is 16.2. The molecule has 3 N–H and O–H groups in total. The Balaban J connectivity index is 2.54. The number of hydrogen-bond acceptors (Lipinski definition) is 3. The number of rotatable bonds is 2. The molecule has 1 aromatic rings. The van der Waals surface area contributed by atoms with Gasteiger partial charge in [0.2, 0.25) is 5.91 Å². The number of anilines is 1. The monoisotopic (exact) mass is 196 g/mol. The molecule has 1 rings (SSSR count). The Labute approximate surface area is 83.2 Å². The molecule has 0 fully saturated rings. The van der Waals surface area contributed by atoms with Gasteiger partial charge in [0.1, 0.15) is 5.82 Å². The molecule has 5 nitrogen and oxygen atoms in total. The number of aromatic nitrogens is 2. The molecule has 1 aromatic heterocycles. The Morgan fingerprint density at radius 3 is 2.71 bits per heavy atom. The summed E-state index contributed by atoms with van der Waals surface area (Å²) in [6.45, 7) is 6.00. The number of amides is 1. The first-order chi connectivity index (χ1) is 6.38. The fourth-order valence-corrected chi connectivity index (χ4v) is 1.05. The summed E-state index contributed by atoms with van der Waals surface area (Å²) < 4.78 is 0. The Bertz CT molecular complexity index is 324. The summed E-state index contributed by atoms with van der Waals surface area (Å²) in [6.07, 6.45) is 1.97. The van der Waals surface area contributed by atoms with Crippen LogP contribution in [0.15, 0.2) is 12.3 Å². The van der Waals surface area contributed by atoms with Crippen LogP contribution >= 0.6 is 0 Å². The molecular formula is C9H16N4O. The fourth-order valence-electron chi connectivity index (χ4n) is 1.05. The largest absolute Gasteiger partial charge is 0.382 e. The van der Waals surface area contributed by atoms with Crippen LogP contribution in [0.3, 0.4) is 0 Å². The van der Waals surface area contributed by atoms with Gasteiger partial charge < -0.3 is 5.73 Å². The van der Waals surface area contributed by atoms with Crippen molar-refractivity contribution in [2.24, 2.45) is 5.41 Å². The molecule has 0 spiro atoms. The topological polar surface area (TPSA) is 72.9 Å².